The van der Waals surface area contributed by atoms with Gasteiger partial charge in [0, 0.05) is 19.7 Å². The molecule has 0 spiro atoms. The summed E-state index contributed by atoms with van der Waals surface area (Å²) < 4.78 is 0. The first kappa shape index (κ1) is 13.6. The Morgan fingerprint density at radius 2 is 2.16 bits per heavy atom. The topological polar surface area (TPSA) is 64.8 Å². The van der Waals surface area contributed by atoms with Crippen LogP contribution in [0.4, 0.5) is 11.6 Å². The lowest BCUT2D eigenvalue weighted by atomic mass is 9.87. The van der Waals surface area contributed by atoms with Crippen LogP contribution in [0.2, 0.25) is 0 Å². The first-order valence-electron chi connectivity index (χ1n) is 6.99. The Labute approximate surface area is 114 Å². The molecule has 1 aromatic rings. The lowest BCUT2D eigenvalue weighted by Crippen LogP contribution is -2.14. The van der Waals surface area contributed by atoms with Gasteiger partial charge in [-0.25, -0.2) is 9.97 Å². The SMILES string of the molecule is CN(C#N)c1cc(NCCC2CCCCC2)ncn1. The Morgan fingerprint density at radius 1 is 1.37 bits per heavy atom. The third kappa shape index (κ3) is 4.09. The van der Waals surface area contributed by atoms with Crippen molar-refractivity contribution in [3.8, 4) is 6.19 Å². The molecule has 5 heteroatoms. The van der Waals surface area contributed by atoms with E-state index in [1.54, 1.807) is 7.05 Å². The molecule has 1 aromatic heterocycles. The third-order valence-corrected chi connectivity index (χ3v) is 3.73. The third-order valence-electron chi connectivity index (χ3n) is 3.73. The second-order valence-electron chi connectivity index (χ2n) is 5.14. The number of nitrogens with one attached hydrogen (secondary N) is 1. The van der Waals surface area contributed by atoms with Gasteiger partial charge in [-0.1, -0.05) is 32.1 Å². The van der Waals surface area contributed by atoms with Gasteiger partial charge < -0.3 is 5.32 Å². The highest BCUT2D eigenvalue weighted by molar-refractivity contribution is 5.50. The van der Waals surface area contributed by atoms with Gasteiger partial charge in [0.2, 0.25) is 0 Å². The molecule has 5 nitrogen and oxygen atoms in total. The fourth-order valence-corrected chi connectivity index (χ4v) is 2.56. The lowest BCUT2D eigenvalue weighted by Gasteiger charge is -2.21. The number of hydrogen-bond donors (Lipinski definition) is 1. The zero-order chi connectivity index (χ0) is 13.5. The van der Waals surface area contributed by atoms with Crippen molar-refractivity contribution in [2.45, 2.75) is 38.5 Å². The minimum Gasteiger partial charge on any atom is -0.370 e. The summed E-state index contributed by atoms with van der Waals surface area (Å²) in [5.41, 5.74) is 0. The molecule has 0 unspecified atom stereocenters. The number of aromatic nitrogens is 2. The van der Waals surface area contributed by atoms with E-state index in [2.05, 4.69) is 15.3 Å². The number of rotatable bonds is 5. The van der Waals surface area contributed by atoms with Gasteiger partial charge >= 0.3 is 0 Å². The summed E-state index contributed by atoms with van der Waals surface area (Å²) >= 11 is 0. The van der Waals surface area contributed by atoms with E-state index in [9.17, 15) is 0 Å². The van der Waals surface area contributed by atoms with Crippen molar-refractivity contribution in [3.05, 3.63) is 12.4 Å². The maximum absolute atomic E-state index is 8.82. The van der Waals surface area contributed by atoms with Crippen LogP contribution < -0.4 is 10.2 Å². The highest BCUT2D eigenvalue weighted by Crippen LogP contribution is 2.26. The first-order chi connectivity index (χ1) is 9.29. The van der Waals surface area contributed by atoms with Gasteiger partial charge in [-0.2, -0.15) is 5.26 Å². The quantitative estimate of drug-likeness (QED) is 0.650. The largest absolute Gasteiger partial charge is 0.370 e. The number of hydrogen-bond acceptors (Lipinski definition) is 5. The molecule has 0 amide bonds. The van der Waals surface area contributed by atoms with Crippen molar-refractivity contribution in [3.63, 3.8) is 0 Å². The minimum absolute atomic E-state index is 0.623. The van der Waals surface area contributed by atoms with Crippen LogP contribution in [0, 0.1) is 17.4 Å². The number of anilines is 2. The summed E-state index contributed by atoms with van der Waals surface area (Å²) in [5.74, 6) is 2.28. The Kier molecular flexibility index (Phi) is 4.96. The Bertz CT molecular complexity index is 434. The van der Waals surface area contributed by atoms with Crippen LogP contribution in [0.25, 0.3) is 0 Å². The van der Waals surface area contributed by atoms with Crippen molar-refractivity contribution in [2.24, 2.45) is 5.92 Å². The number of nitriles is 1. The molecule has 1 aliphatic carbocycles. The zero-order valence-electron chi connectivity index (χ0n) is 11.5. The summed E-state index contributed by atoms with van der Waals surface area (Å²) in [4.78, 5) is 9.67. The van der Waals surface area contributed by atoms with Crippen LogP contribution in [-0.4, -0.2) is 23.6 Å². The number of nitrogens with zero attached hydrogens (tertiary/aromatic N) is 4. The Hall–Kier alpha value is -1.83. The molecule has 0 aliphatic heterocycles. The summed E-state index contributed by atoms with van der Waals surface area (Å²) in [7, 11) is 1.69. The van der Waals surface area contributed by atoms with Crippen LogP contribution in [0.5, 0.6) is 0 Å². The summed E-state index contributed by atoms with van der Waals surface area (Å²) in [6.07, 6.45) is 11.6. The molecule has 19 heavy (non-hydrogen) atoms. The molecule has 2 rings (SSSR count). The van der Waals surface area contributed by atoms with Crippen LogP contribution in [-0.2, 0) is 0 Å². The molecule has 1 heterocycles. The van der Waals surface area contributed by atoms with Crippen molar-refractivity contribution < 1.29 is 0 Å². The smallest absolute Gasteiger partial charge is 0.185 e. The summed E-state index contributed by atoms with van der Waals surface area (Å²) in [5, 5.41) is 12.1. The molecule has 0 atom stereocenters. The average Bonchev–Trinajstić information content (AvgIpc) is 2.48. The molecule has 0 radical (unpaired) electrons. The van der Waals surface area contributed by atoms with Gasteiger partial charge in [0.05, 0.1) is 0 Å². The minimum atomic E-state index is 0.623. The van der Waals surface area contributed by atoms with Crippen molar-refractivity contribution in [1.29, 1.82) is 5.26 Å². The second kappa shape index (κ2) is 6.93. The van der Waals surface area contributed by atoms with Gasteiger partial charge in [0.15, 0.2) is 6.19 Å². The maximum atomic E-state index is 8.82. The van der Waals surface area contributed by atoms with Crippen LogP contribution in [0.1, 0.15) is 38.5 Å². The first-order valence-corrected chi connectivity index (χ1v) is 6.99. The van der Waals surface area contributed by atoms with E-state index >= 15 is 0 Å². The van der Waals surface area contributed by atoms with Gasteiger partial charge in [-0.05, 0) is 12.3 Å². The van der Waals surface area contributed by atoms with E-state index in [-0.39, 0.29) is 0 Å². The fourth-order valence-electron chi connectivity index (χ4n) is 2.56. The van der Waals surface area contributed by atoms with Gasteiger partial charge in [-0.15, -0.1) is 0 Å². The van der Waals surface area contributed by atoms with E-state index in [0.717, 1.165) is 18.3 Å². The van der Waals surface area contributed by atoms with Crippen LogP contribution >= 0.6 is 0 Å². The maximum Gasteiger partial charge on any atom is 0.185 e. The molecule has 1 saturated carbocycles. The highest BCUT2D eigenvalue weighted by atomic mass is 15.2. The van der Waals surface area contributed by atoms with Gasteiger partial charge in [-0.3, -0.25) is 4.90 Å². The normalized spacial score (nSPS) is 15.8. The Morgan fingerprint density at radius 3 is 2.89 bits per heavy atom. The monoisotopic (exact) mass is 259 g/mol. The molecule has 1 aliphatic rings. The standard InChI is InChI=1S/C14H21N5/c1-19(10-15)14-9-13(17-11-18-14)16-8-7-12-5-3-2-4-6-12/h9,11-12H,2-8H2,1H3,(H,16,17,18). The van der Waals surface area contributed by atoms with Crippen LogP contribution in [0.15, 0.2) is 12.4 Å². The molecule has 102 valence electrons. The second-order valence-corrected chi connectivity index (χ2v) is 5.14. The van der Waals surface area contributed by atoms with E-state index < -0.39 is 0 Å². The molecular weight excluding hydrogens is 238 g/mol. The van der Waals surface area contributed by atoms with E-state index in [1.807, 2.05) is 12.3 Å². The highest BCUT2D eigenvalue weighted by Gasteiger charge is 2.12. The lowest BCUT2D eigenvalue weighted by molar-refractivity contribution is 0.345. The average molecular weight is 259 g/mol. The molecule has 1 N–H and O–H groups in total. The Balaban J connectivity index is 1.80. The fraction of sp³-hybridized carbons (Fsp3) is 0.643. The predicted octanol–water partition coefficient (Wildman–Crippen LogP) is 2.78. The van der Waals surface area contributed by atoms with Crippen molar-refractivity contribution >= 4 is 11.6 Å². The van der Waals surface area contributed by atoms with Crippen LogP contribution in [0.3, 0.4) is 0 Å². The molecule has 0 bridgehead atoms. The van der Waals surface area contributed by atoms with E-state index in [1.165, 1.54) is 49.8 Å². The van der Waals surface area contributed by atoms with Crippen molar-refractivity contribution in [2.75, 3.05) is 23.8 Å². The molecule has 0 aromatic carbocycles. The van der Waals surface area contributed by atoms with Gasteiger partial charge in [0.25, 0.3) is 0 Å². The summed E-state index contributed by atoms with van der Waals surface area (Å²) in [6.45, 7) is 0.942. The van der Waals surface area contributed by atoms with E-state index in [4.69, 9.17) is 5.26 Å². The molecular formula is C14H21N5. The van der Waals surface area contributed by atoms with E-state index in [0.29, 0.717) is 5.82 Å². The van der Waals surface area contributed by atoms with Gasteiger partial charge in [0.1, 0.15) is 18.0 Å². The molecule has 1 fully saturated rings. The van der Waals surface area contributed by atoms with Crippen molar-refractivity contribution in [1.82, 2.24) is 9.97 Å². The predicted molar refractivity (Wildman–Crippen MR) is 75.7 cm³/mol. The molecule has 0 saturated heterocycles. The summed E-state index contributed by atoms with van der Waals surface area (Å²) in [6, 6.07) is 1.81. The zero-order valence-corrected chi connectivity index (χ0v) is 11.5.